The Hall–Kier alpha value is -0.410. The van der Waals surface area contributed by atoms with Crippen molar-refractivity contribution in [2.24, 2.45) is 0 Å². The molecule has 0 aliphatic heterocycles. The van der Waals surface area contributed by atoms with E-state index in [-0.39, 0.29) is 19.8 Å². The van der Waals surface area contributed by atoms with E-state index in [2.05, 4.69) is 0 Å². The molecule has 11 nitrogen and oxygen atoms in total. The zero-order valence-corrected chi connectivity index (χ0v) is 14.4. The van der Waals surface area contributed by atoms with Gasteiger partial charge in [0.2, 0.25) is 0 Å². The monoisotopic (exact) mass is 379 g/mol. The molecule has 24 heavy (non-hydrogen) atoms. The molecule has 0 fully saturated rings. The molecule has 0 heterocycles. The minimum absolute atomic E-state index is 0.137. The molecule has 0 aromatic rings. The lowest BCUT2D eigenvalue weighted by molar-refractivity contribution is -0.526. The van der Waals surface area contributed by atoms with Crippen molar-refractivity contribution in [1.82, 2.24) is 5.39 Å². The Balaban J connectivity index is 0. The normalized spacial score (nSPS) is 11.4. The second-order valence-electron chi connectivity index (χ2n) is 4.46. The fraction of sp³-hybridized carbons (Fsp3) is 1.00. The van der Waals surface area contributed by atoms with Gasteiger partial charge in [-0.15, -0.1) is 0 Å². The molecule has 0 aromatic carbocycles. The Morgan fingerprint density at radius 2 is 0.875 bits per heavy atom. The SMILES string of the molecule is O=S(=O)(O)O.OCCCCON(OCCCCO)OCCCCO. The Kier molecular flexibility index (Phi) is 20.4. The molecule has 0 bridgehead atoms. The third-order valence-electron chi connectivity index (χ3n) is 2.25. The lowest BCUT2D eigenvalue weighted by Crippen LogP contribution is -2.27. The van der Waals surface area contributed by atoms with Gasteiger partial charge in [-0.2, -0.15) is 8.42 Å². The van der Waals surface area contributed by atoms with Crippen LogP contribution in [0.2, 0.25) is 0 Å². The second-order valence-corrected chi connectivity index (χ2v) is 5.36. The summed E-state index contributed by atoms with van der Waals surface area (Å²) in [7, 11) is -4.67. The van der Waals surface area contributed by atoms with E-state index in [1.165, 1.54) is 0 Å². The number of hydrogen-bond donors (Lipinski definition) is 5. The summed E-state index contributed by atoms with van der Waals surface area (Å²) in [5.74, 6) is 0. The molecule has 0 radical (unpaired) electrons. The lowest BCUT2D eigenvalue weighted by atomic mass is 10.3. The van der Waals surface area contributed by atoms with Crippen LogP contribution in [0.4, 0.5) is 0 Å². The van der Waals surface area contributed by atoms with Gasteiger partial charge in [0.25, 0.3) is 0 Å². The summed E-state index contributed by atoms with van der Waals surface area (Å²) in [5.41, 5.74) is 0. The van der Waals surface area contributed by atoms with Crippen LogP contribution in [-0.4, -0.2) is 77.9 Å². The van der Waals surface area contributed by atoms with E-state index in [4.69, 9.17) is 47.4 Å². The smallest absolute Gasteiger partial charge is 0.394 e. The van der Waals surface area contributed by atoms with E-state index >= 15 is 0 Å². The first-order chi connectivity index (χ1) is 11.3. The summed E-state index contributed by atoms with van der Waals surface area (Å²) in [6.45, 7) is 1.62. The highest BCUT2D eigenvalue weighted by Gasteiger charge is 2.07. The molecule has 0 aliphatic rings. The number of aliphatic hydroxyl groups is 3. The Morgan fingerprint density at radius 1 is 0.625 bits per heavy atom. The van der Waals surface area contributed by atoms with E-state index in [0.29, 0.717) is 58.3 Å². The van der Waals surface area contributed by atoms with Crippen molar-refractivity contribution in [2.45, 2.75) is 38.5 Å². The van der Waals surface area contributed by atoms with Crippen LogP contribution in [-0.2, 0) is 24.9 Å². The number of unbranched alkanes of at least 4 members (excludes halogenated alkanes) is 3. The van der Waals surface area contributed by atoms with E-state index < -0.39 is 10.4 Å². The second kappa shape index (κ2) is 18.9. The number of rotatable bonds is 15. The topological polar surface area (TPSA) is 166 Å². The quantitative estimate of drug-likeness (QED) is 0.145. The predicted octanol–water partition coefficient (Wildman–Crippen LogP) is -0.252. The van der Waals surface area contributed by atoms with E-state index in [9.17, 15) is 0 Å². The standard InChI is InChI=1S/C12H27NO6.H2O4S/c14-7-1-4-10-17-13(18-11-5-2-8-15)19-12-6-3-9-16;1-5(2,3)4/h14-16H,1-12H2;(H2,1,2,3,4). The Morgan fingerprint density at radius 3 is 1.08 bits per heavy atom. The lowest BCUT2D eigenvalue weighted by Gasteiger charge is -2.19. The van der Waals surface area contributed by atoms with Crippen LogP contribution in [0, 0.1) is 0 Å². The summed E-state index contributed by atoms with van der Waals surface area (Å²) in [6, 6.07) is 0. The maximum atomic E-state index is 8.74. The molecule has 0 aliphatic carbocycles. The Bertz CT molecular complexity index is 304. The van der Waals surface area contributed by atoms with Gasteiger partial charge in [0, 0.05) is 19.8 Å². The van der Waals surface area contributed by atoms with Crippen LogP contribution >= 0.6 is 0 Å². The minimum atomic E-state index is -4.67. The largest absolute Gasteiger partial charge is 0.396 e. The van der Waals surface area contributed by atoms with Gasteiger partial charge in [0.15, 0.2) is 0 Å². The van der Waals surface area contributed by atoms with Crippen molar-refractivity contribution in [2.75, 3.05) is 39.6 Å². The molecule has 0 spiro atoms. The highest BCUT2D eigenvalue weighted by atomic mass is 32.3. The number of hydrogen-bond acceptors (Lipinski definition) is 9. The van der Waals surface area contributed by atoms with Gasteiger partial charge in [-0.1, -0.05) is 0 Å². The predicted molar refractivity (Wildman–Crippen MR) is 82.8 cm³/mol. The minimum Gasteiger partial charge on any atom is -0.396 e. The molecular formula is C12H29NO10S. The maximum Gasteiger partial charge on any atom is 0.394 e. The van der Waals surface area contributed by atoms with Gasteiger partial charge >= 0.3 is 10.4 Å². The van der Waals surface area contributed by atoms with Crippen molar-refractivity contribution in [3.05, 3.63) is 0 Å². The molecule has 0 unspecified atom stereocenters. The van der Waals surface area contributed by atoms with Crippen LogP contribution < -0.4 is 0 Å². The number of aliphatic hydroxyl groups excluding tert-OH is 3. The third-order valence-corrected chi connectivity index (χ3v) is 2.25. The van der Waals surface area contributed by atoms with E-state index in [1.807, 2.05) is 0 Å². The average molecular weight is 379 g/mol. The van der Waals surface area contributed by atoms with Crippen molar-refractivity contribution >= 4 is 10.4 Å². The molecular weight excluding hydrogens is 350 g/mol. The molecule has 0 saturated heterocycles. The fourth-order valence-corrected chi connectivity index (χ4v) is 1.17. The first-order valence-electron chi connectivity index (χ1n) is 7.56. The third kappa shape index (κ3) is 29.6. The molecule has 0 rings (SSSR count). The summed E-state index contributed by atoms with van der Waals surface area (Å²) >= 11 is 0. The first-order valence-corrected chi connectivity index (χ1v) is 8.96. The van der Waals surface area contributed by atoms with Crippen molar-refractivity contribution < 1.29 is 47.4 Å². The average Bonchev–Trinajstić information content (AvgIpc) is 2.49. The van der Waals surface area contributed by atoms with Gasteiger partial charge in [-0.25, -0.2) is 0 Å². The molecule has 5 N–H and O–H groups in total. The highest BCUT2D eigenvalue weighted by molar-refractivity contribution is 7.79. The number of nitrogens with zero attached hydrogens (tertiary/aromatic N) is 1. The van der Waals surface area contributed by atoms with E-state index in [0.717, 1.165) is 5.39 Å². The summed E-state index contributed by atoms with van der Waals surface area (Å²) in [4.78, 5) is 15.8. The van der Waals surface area contributed by atoms with Crippen molar-refractivity contribution in [1.29, 1.82) is 0 Å². The van der Waals surface area contributed by atoms with Gasteiger partial charge in [-0.3, -0.25) is 23.6 Å². The van der Waals surface area contributed by atoms with Gasteiger partial charge in [-0.05, 0) is 38.5 Å². The van der Waals surface area contributed by atoms with Gasteiger partial charge in [0.1, 0.15) is 0 Å². The zero-order chi connectivity index (χ0) is 18.7. The highest BCUT2D eigenvalue weighted by Crippen LogP contribution is 2.01. The van der Waals surface area contributed by atoms with Crippen LogP contribution in [0.1, 0.15) is 38.5 Å². The van der Waals surface area contributed by atoms with E-state index in [1.54, 1.807) is 0 Å². The summed E-state index contributed by atoms with van der Waals surface area (Å²) < 4.78 is 31.6. The van der Waals surface area contributed by atoms with Crippen LogP contribution in [0.15, 0.2) is 0 Å². The maximum absolute atomic E-state index is 8.74. The molecule has 12 heteroatoms. The molecule has 148 valence electrons. The van der Waals surface area contributed by atoms with Crippen LogP contribution in [0.3, 0.4) is 0 Å². The molecule has 0 saturated carbocycles. The zero-order valence-electron chi connectivity index (χ0n) is 13.6. The molecule has 0 aromatic heterocycles. The Labute approximate surface area is 142 Å². The summed E-state index contributed by atoms with van der Waals surface area (Å²) in [6.07, 6.45) is 4.15. The molecule has 0 atom stereocenters. The van der Waals surface area contributed by atoms with Crippen molar-refractivity contribution in [3.63, 3.8) is 0 Å². The first kappa shape index (κ1) is 25.8. The van der Waals surface area contributed by atoms with Gasteiger partial charge in [0.05, 0.1) is 25.2 Å². The summed E-state index contributed by atoms with van der Waals surface area (Å²) in [5, 5.41) is 27.0. The van der Waals surface area contributed by atoms with Crippen LogP contribution in [0.5, 0.6) is 0 Å². The fourth-order valence-electron chi connectivity index (χ4n) is 1.17. The molecule has 0 amide bonds. The van der Waals surface area contributed by atoms with Crippen LogP contribution in [0.25, 0.3) is 0 Å². The van der Waals surface area contributed by atoms with Crippen molar-refractivity contribution in [3.8, 4) is 0 Å². The van der Waals surface area contributed by atoms with Gasteiger partial charge < -0.3 is 15.3 Å².